The molecule has 138 valence electrons. The van der Waals surface area contributed by atoms with Crippen molar-refractivity contribution in [1.82, 2.24) is 15.1 Å². The van der Waals surface area contributed by atoms with Crippen LogP contribution in [-0.2, 0) is 11.2 Å². The molecule has 4 nitrogen and oxygen atoms in total. The van der Waals surface area contributed by atoms with E-state index in [9.17, 15) is 4.79 Å². The predicted octanol–water partition coefficient (Wildman–Crippen LogP) is 2.68. The molecule has 0 aliphatic carbocycles. The third-order valence-corrected chi connectivity index (χ3v) is 5.82. The Balaban J connectivity index is 1.39. The van der Waals surface area contributed by atoms with E-state index in [4.69, 9.17) is 0 Å². The van der Waals surface area contributed by atoms with Gasteiger partial charge in [-0.1, -0.05) is 43.2 Å². The minimum atomic E-state index is 0.0820. The second-order valence-corrected chi connectivity index (χ2v) is 7.71. The van der Waals surface area contributed by atoms with Crippen LogP contribution in [0.4, 0.5) is 0 Å². The number of carbonyl (C=O) groups excluding carboxylic acids is 1. The fourth-order valence-corrected chi connectivity index (χ4v) is 4.11. The molecular weight excluding hydrogens is 310 g/mol. The van der Waals surface area contributed by atoms with Crippen molar-refractivity contribution in [3.05, 3.63) is 35.9 Å². The average molecular weight is 344 g/mol. The van der Waals surface area contributed by atoms with Crippen LogP contribution in [0.15, 0.2) is 30.3 Å². The van der Waals surface area contributed by atoms with Crippen molar-refractivity contribution >= 4 is 5.91 Å². The fourth-order valence-electron chi connectivity index (χ4n) is 4.11. The molecule has 0 radical (unpaired) electrons. The molecule has 1 aromatic rings. The van der Waals surface area contributed by atoms with E-state index in [1.54, 1.807) is 0 Å². The van der Waals surface area contributed by atoms with E-state index in [1.807, 2.05) is 0 Å². The molecule has 1 aromatic carbocycles. The summed E-state index contributed by atoms with van der Waals surface area (Å²) in [4.78, 5) is 17.4. The van der Waals surface area contributed by atoms with Gasteiger partial charge in [-0.25, -0.2) is 0 Å². The van der Waals surface area contributed by atoms with Gasteiger partial charge in [-0.3, -0.25) is 9.69 Å². The van der Waals surface area contributed by atoms with Gasteiger partial charge in [0, 0.05) is 25.7 Å². The number of carbonyl (C=O) groups is 1. The van der Waals surface area contributed by atoms with E-state index in [0.717, 1.165) is 51.9 Å². The Labute approximate surface area is 152 Å². The highest BCUT2D eigenvalue weighted by molar-refractivity contribution is 5.82. The number of likely N-dealkylation sites (N-methyl/N-ethyl adjacent to an activating group) is 1. The Morgan fingerprint density at radius 2 is 1.80 bits per heavy atom. The van der Waals surface area contributed by atoms with E-state index < -0.39 is 0 Å². The van der Waals surface area contributed by atoms with Gasteiger partial charge in [-0.2, -0.15) is 0 Å². The van der Waals surface area contributed by atoms with Crippen molar-refractivity contribution in [2.24, 2.45) is 0 Å². The van der Waals surface area contributed by atoms with Crippen molar-refractivity contribution in [3.63, 3.8) is 0 Å². The van der Waals surface area contributed by atoms with Gasteiger partial charge in [-0.15, -0.1) is 0 Å². The van der Waals surface area contributed by atoms with Crippen LogP contribution in [-0.4, -0.2) is 61.0 Å². The minimum absolute atomic E-state index is 0.0820. The van der Waals surface area contributed by atoms with Gasteiger partial charge >= 0.3 is 0 Å². The molecule has 1 N–H and O–H groups in total. The van der Waals surface area contributed by atoms with Crippen LogP contribution in [0.5, 0.6) is 0 Å². The lowest BCUT2D eigenvalue weighted by Gasteiger charge is -2.34. The molecule has 4 heteroatoms. The summed E-state index contributed by atoms with van der Waals surface area (Å²) in [6, 6.07) is 11.1. The van der Waals surface area contributed by atoms with Gasteiger partial charge in [-0.05, 0) is 51.3 Å². The van der Waals surface area contributed by atoms with Crippen LogP contribution in [0.3, 0.4) is 0 Å². The Bertz CT molecular complexity index is 525. The standard InChI is InChI=1S/C21H33N3O/c1-23-14-7-3-6-10-20(23)21(25)22-19-12-16-24(17-13-19)15-11-18-8-4-2-5-9-18/h2,4-5,8-9,19-20H,3,6-7,10-17H2,1H3,(H,22,25)/t20-/m0/s1. The van der Waals surface area contributed by atoms with Crippen LogP contribution in [0.25, 0.3) is 0 Å². The highest BCUT2D eigenvalue weighted by Crippen LogP contribution is 2.17. The fraction of sp³-hybridized carbons (Fsp3) is 0.667. The molecule has 2 aliphatic rings. The number of hydrogen-bond donors (Lipinski definition) is 1. The van der Waals surface area contributed by atoms with Gasteiger partial charge in [0.2, 0.25) is 5.91 Å². The van der Waals surface area contributed by atoms with Gasteiger partial charge < -0.3 is 10.2 Å². The molecule has 2 aliphatic heterocycles. The van der Waals surface area contributed by atoms with E-state index in [1.165, 1.54) is 24.8 Å². The maximum atomic E-state index is 12.7. The van der Waals surface area contributed by atoms with Gasteiger partial charge in [0.25, 0.3) is 0 Å². The SMILES string of the molecule is CN1CCCCC[C@H]1C(=O)NC1CCN(CCc2ccccc2)CC1. The topological polar surface area (TPSA) is 35.6 Å². The average Bonchev–Trinajstić information content (AvgIpc) is 2.86. The second kappa shape index (κ2) is 9.35. The van der Waals surface area contributed by atoms with E-state index in [-0.39, 0.29) is 11.9 Å². The largest absolute Gasteiger partial charge is 0.352 e. The Morgan fingerprint density at radius 3 is 2.56 bits per heavy atom. The van der Waals surface area contributed by atoms with Crippen molar-refractivity contribution < 1.29 is 4.79 Å². The summed E-state index contributed by atoms with van der Waals surface area (Å²) in [5.74, 6) is 0.257. The summed E-state index contributed by atoms with van der Waals surface area (Å²) in [6.07, 6.45) is 7.95. The lowest BCUT2D eigenvalue weighted by Crippen LogP contribution is -2.51. The molecule has 0 spiro atoms. The zero-order valence-electron chi connectivity index (χ0n) is 15.6. The molecule has 2 saturated heterocycles. The third-order valence-electron chi connectivity index (χ3n) is 5.82. The van der Waals surface area contributed by atoms with E-state index in [2.05, 4.69) is 52.5 Å². The first-order valence-corrected chi connectivity index (χ1v) is 9.99. The molecule has 0 bridgehead atoms. The number of nitrogens with zero attached hydrogens (tertiary/aromatic N) is 2. The quantitative estimate of drug-likeness (QED) is 0.893. The second-order valence-electron chi connectivity index (χ2n) is 7.71. The lowest BCUT2D eigenvalue weighted by atomic mass is 10.0. The zero-order chi connectivity index (χ0) is 17.5. The van der Waals surface area contributed by atoms with Crippen molar-refractivity contribution in [3.8, 4) is 0 Å². The molecule has 0 unspecified atom stereocenters. The van der Waals surface area contributed by atoms with Gasteiger partial charge in [0.05, 0.1) is 6.04 Å². The summed E-state index contributed by atoms with van der Waals surface area (Å²) in [6.45, 7) is 4.36. The summed E-state index contributed by atoms with van der Waals surface area (Å²) in [5.41, 5.74) is 1.41. The van der Waals surface area contributed by atoms with Gasteiger partial charge in [0.15, 0.2) is 0 Å². The van der Waals surface area contributed by atoms with Crippen LogP contribution < -0.4 is 5.32 Å². The number of rotatable bonds is 5. The first-order valence-electron chi connectivity index (χ1n) is 9.99. The molecule has 2 heterocycles. The molecule has 1 amide bonds. The monoisotopic (exact) mass is 343 g/mol. The number of amides is 1. The Morgan fingerprint density at radius 1 is 1.04 bits per heavy atom. The number of piperidine rings is 1. The van der Waals surface area contributed by atoms with Crippen LogP contribution in [0.1, 0.15) is 44.1 Å². The highest BCUT2D eigenvalue weighted by Gasteiger charge is 2.27. The molecule has 2 fully saturated rings. The third kappa shape index (κ3) is 5.55. The minimum Gasteiger partial charge on any atom is -0.352 e. The number of hydrogen-bond acceptors (Lipinski definition) is 3. The Kier molecular flexibility index (Phi) is 6.88. The normalized spacial score (nSPS) is 24.0. The van der Waals surface area contributed by atoms with Gasteiger partial charge in [0.1, 0.15) is 0 Å². The predicted molar refractivity (Wildman–Crippen MR) is 103 cm³/mol. The summed E-state index contributed by atoms with van der Waals surface area (Å²) >= 11 is 0. The molecule has 0 aromatic heterocycles. The van der Waals surface area contributed by atoms with Crippen LogP contribution in [0, 0.1) is 0 Å². The Hall–Kier alpha value is -1.39. The number of nitrogens with one attached hydrogen (secondary N) is 1. The zero-order valence-corrected chi connectivity index (χ0v) is 15.6. The van der Waals surface area contributed by atoms with Crippen LogP contribution in [0.2, 0.25) is 0 Å². The number of benzene rings is 1. The van der Waals surface area contributed by atoms with E-state index in [0.29, 0.717) is 6.04 Å². The van der Waals surface area contributed by atoms with Crippen molar-refractivity contribution in [2.75, 3.05) is 33.2 Å². The molecule has 3 rings (SSSR count). The maximum absolute atomic E-state index is 12.7. The molecule has 1 atom stereocenters. The first-order chi connectivity index (χ1) is 12.2. The summed E-state index contributed by atoms with van der Waals surface area (Å²) in [5, 5.41) is 3.33. The molecule has 25 heavy (non-hydrogen) atoms. The van der Waals surface area contributed by atoms with Crippen molar-refractivity contribution in [1.29, 1.82) is 0 Å². The first kappa shape index (κ1) is 18.4. The smallest absolute Gasteiger partial charge is 0.237 e. The number of likely N-dealkylation sites (tertiary alicyclic amines) is 2. The molecular formula is C21H33N3O. The van der Waals surface area contributed by atoms with Crippen LogP contribution >= 0.6 is 0 Å². The van der Waals surface area contributed by atoms with E-state index >= 15 is 0 Å². The summed E-state index contributed by atoms with van der Waals surface area (Å²) < 4.78 is 0. The summed E-state index contributed by atoms with van der Waals surface area (Å²) in [7, 11) is 2.10. The van der Waals surface area contributed by atoms with Crippen molar-refractivity contribution in [2.45, 2.75) is 57.0 Å². The molecule has 0 saturated carbocycles. The maximum Gasteiger partial charge on any atom is 0.237 e. The lowest BCUT2D eigenvalue weighted by molar-refractivity contribution is -0.127. The highest BCUT2D eigenvalue weighted by atomic mass is 16.2.